The van der Waals surface area contributed by atoms with Gasteiger partial charge in [-0.1, -0.05) is 81.1 Å². The molecule has 5 aromatic rings. The molecular formula is C70H84N8O2. The van der Waals surface area contributed by atoms with Crippen molar-refractivity contribution in [1.82, 2.24) is 40.5 Å². The van der Waals surface area contributed by atoms with Crippen LogP contribution in [0, 0.1) is 20.8 Å². The molecule has 10 nitrogen and oxygen atoms in total. The number of allylic oxidation sites excluding steroid dienone is 6. The van der Waals surface area contributed by atoms with Crippen molar-refractivity contribution in [2.45, 2.75) is 198 Å². The number of carbonyl (C=O) groups is 2. The van der Waals surface area contributed by atoms with E-state index in [4.69, 9.17) is 9.97 Å². The fourth-order valence-electron chi connectivity index (χ4n) is 13.9. The number of hydrogen-bond acceptors (Lipinski definition) is 6. The van der Waals surface area contributed by atoms with E-state index in [0.717, 1.165) is 181 Å². The Bertz CT molecular complexity index is 3920. The zero-order valence-corrected chi connectivity index (χ0v) is 49.8. The molecule has 10 heteroatoms. The third-order valence-corrected chi connectivity index (χ3v) is 18.4. The smallest absolute Gasteiger partial charge is 0.198 e. The highest BCUT2D eigenvalue weighted by atomic mass is 16.1. The van der Waals surface area contributed by atoms with Crippen molar-refractivity contribution in [3.05, 3.63) is 153 Å². The minimum atomic E-state index is -0.605. The number of H-pyrrole nitrogens is 4. The summed E-state index contributed by atoms with van der Waals surface area (Å²) in [4.78, 5) is 58.9. The summed E-state index contributed by atoms with van der Waals surface area (Å²) in [7, 11) is 0. The normalized spacial score (nSPS) is 19.9. The lowest BCUT2D eigenvalue weighted by Gasteiger charge is -2.18. The van der Waals surface area contributed by atoms with E-state index in [2.05, 4.69) is 150 Å². The number of aryl methyl sites for hydroxylation is 4. The van der Waals surface area contributed by atoms with E-state index in [-0.39, 0.29) is 17.6 Å². The number of hydrogen-bond donors (Lipinski definition) is 6. The van der Waals surface area contributed by atoms with Gasteiger partial charge in [-0.25, -0.2) is 9.97 Å². The van der Waals surface area contributed by atoms with E-state index in [1.165, 1.54) is 50.1 Å². The van der Waals surface area contributed by atoms with E-state index in [9.17, 15) is 0 Å². The summed E-state index contributed by atoms with van der Waals surface area (Å²) < 4.78 is 0. The Hall–Kier alpha value is -7.20. The summed E-state index contributed by atoms with van der Waals surface area (Å²) in [5.41, 5.74) is 27.0. The molecule has 0 fully saturated rings. The molecule has 2 atom stereocenters. The van der Waals surface area contributed by atoms with Crippen LogP contribution >= 0.6 is 0 Å². The van der Waals surface area contributed by atoms with Gasteiger partial charge in [0.05, 0.1) is 51.6 Å². The highest BCUT2D eigenvalue weighted by Gasteiger charge is 2.47. The number of aromatic nitrogens is 6. The molecule has 11 rings (SSSR count). The average molecular weight is 1070 g/mol. The lowest BCUT2D eigenvalue weighted by Crippen LogP contribution is -2.30. The first-order valence-corrected chi connectivity index (χ1v) is 30.7. The van der Waals surface area contributed by atoms with Crippen LogP contribution in [-0.4, -0.2) is 53.6 Å². The lowest BCUT2D eigenvalue weighted by atomic mass is 9.81. The topological polar surface area (TPSA) is 147 Å². The van der Waals surface area contributed by atoms with Crippen molar-refractivity contribution in [2.24, 2.45) is 0 Å². The van der Waals surface area contributed by atoms with Crippen LogP contribution in [0.2, 0.25) is 0 Å². The van der Waals surface area contributed by atoms with Crippen LogP contribution in [-0.2, 0) is 41.7 Å². The summed E-state index contributed by atoms with van der Waals surface area (Å²) in [5.74, 6) is -0.368. The van der Waals surface area contributed by atoms with E-state index in [1.54, 1.807) is 0 Å². The Morgan fingerprint density at radius 1 is 0.438 bits per heavy atom. The summed E-state index contributed by atoms with van der Waals surface area (Å²) in [5, 5.41) is 10.1. The number of aromatic amines is 4. The Balaban J connectivity index is 1.19. The monoisotopic (exact) mass is 1070 g/mol. The highest BCUT2D eigenvalue weighted by Crippen LogP contribution is 2.46. The van der Waals surface area contributed by atoms with Crippen LogP contribution in [0.25, 0.3) is 62.6 Å². The maximum Gasteiger partial charge on any atom is 0.198 e. The number of unbranched alkanes of at least 4 members (excludes halogenated alkanes) is 4. The predicted octanol–water partition coefficient (Wildman–Crippen LogP) is 14.1. The van der Waals surface area contributed by atoms with Crippen LogP contribution in [0.1, 0.15) is 212 Å². The van der Waals surface area contributed by atoms with Gasteiger partial charge in [0.25, 0.3) is 0 Å². The van der Waals surface area contributed by atoms with Crippen molar-refractivity contribution in [1.29, 1.82) is 0 Å². The number of fused-ring (bicyclic) bond motifs is 20. The van der Waals surface area contributed by atoms with E-state index in [1.807, 2.05) is 12.1 Å². The van der Waals surface area contributed by atoms with Gasteiger partial charge in [0.2, 0.25) is 0 Å². The molecular weight excluding hydrogens is 985 g/mol. The fourth-order valence-corrected chi connectivity index (χ4v) is 13.9. The second-order valence-corrected chi connectivity index (χ2v) is 23.2. The standard InChI is InChI=1S/C70H84N8O2/c1-13-21-25-45-37(9)49-29-61-65-66(62(77-61)30-50-38(10)46(26-22-14-2)58(72-50)34-54-42(18-6)41(17-5)53(75-54)33-57(45)71-49)70(80)68-64-32-52-40(12)48(28-24-16-4)60(74-52)36-56-44(20-8)43(19-7)55(76-56)35-59-47(27-23-15-3)39(11)51(73-59)31-63(78-64)67(68)69(65)79/h29-36,57,61,71-75,77H,13-28H2,1-12H3/b49-29-,51-31?,52-32?,53-33-,54-34-,55-35?,56-36?,59-35?,60-36?,62-30+,63-31?,64-32?. The molecule has 1 aliphatic carbocycles. The average Bonchev–Trinajstić information content (AvgIpc) is 4.35. The molecule has 416 valence electrons. The van der Waals surface area contributed by atoms with Crippen LogP contribution in [0.5, 0.6) is 0 Å². The first-order chi connectivity index (χ1) is 38.8. The molecule has 6 aliphatic rings. The zero-order chi connectivity index (χ0) is 56.3. The van der Waals surface area contributed by atoms with Gasteiger partial charge in [-0.3, -0.25) is 9.59 Å². The molecule has 5 aromatic heterocycles. The first-order valence-electron chi connectivity index (χ1n) is 30.7. The Morgan fingerprint density at radius 3 is 1.51 bits per heavy atom. The summed E-state index contributed by atoms with van der Waals surface area (Å²) >= 11 is 0. The molecule has 10 heterocycles. The van der Waals surface area contributed by atoms with Gasteiger partial charge in [-0.2, -0.15) is 0 Å². The number of Topliss-reactive ketones (excluding diaryl/α,β-unsaturated/α-hetero) is 2. The lowest BCUT2D eigenvalue weighted by molar-refractivity contribution is -0.113. The molecule has 0 radical (unpaired) electrons. The van der Waals surface area contributed by atoms with Crippen molar-refractivity contribution >= 4 is 74.2 Å². The van der Waals surface area contributed by atoms with Gasteiger partial charge in [-0.05, 0) is 220 Å². The molecule has 0 saturated carbocycles. The predicted molar refractivity (Wildman–Crippen MR) is 332 cm³/mol. The van der Waals surface area contributed by atoms with Crippen LogP contribution < -0.4 is 21.3 Å². The van der Waals surface area contributed by atoms with Crippen molar-refractivity contribution in [3.8, 4) is 0 Å². The maximum absolute atomic E-state index is 16.3. The molecule has 6 N–H and O–H groups in total. The van der Waals surface area contributed by atoms with Gasteiger partial charge in [0, 0.05) is 61.1 Å². The van der Waals surface area contributed by atoms with Gasteiger partial charge in [0.15, 0.2) is 11.6 Å². The number of carbonyl (C=O) groups excluding carboxylic acids is 2. The second-order valence-electron chi connectivity index (χ2n) is 23.2. The molecule has 80 heavy (non-hydrogen) atoms. The fraction of sp³-hybridized carbons (Fsp3) is 0.429. The Morgan fingerprint density at radius 2 is 0.950 bits per heavy atom. The SMILES string of the molecule is CCCCC1=C(C)/C2=C/C3N/C(=C/c4[nH]c(c(CCCC)c4C)/C=c4\[nH]/c(c(CC)c4CC)=C\C1N2)C1=C3C(=O)C2=C(C1=O)c1cc3[nH]c(cc4nc(cc5[nH]c(cc2n1)c(C)c5CCCC)C(CC)=C4CC)c(CCCC)c3C. The van der Waals surface area contributed by atoms with Gasteiger partial charge in [-0.15, -0.1) is 0 Å². The molecule has 5 aliphatic heterocycles. The summed E-state index contributed by atoms with van der Waals surface area (Å²) in [6, 6.07) is 7.92. The van der Waals surface area contributed by atoms with E-state index in [0.29, 0.717) is 39.4 Å². The molecule has 2 unspecified atom stereocenters. The molecule has 0 amide bonds. The molecule has 16 bridgehead atoms. The largest absolute Gasteiger partial charge is 0.375 e. The highest BCUT2D eigenvalue weighted by molar-refractivity contribution is 6.53. The number of ketones is 2. The summed E-state index contributed by atoms with van der Waals surface area (Å²) in [6.45, 7) is 26.7. The minimum Gasteiger partial charge on any atom is -0.375 e. The van der Waals surface area contributed by atoms with E-state index >= 15 is 9.59 Å². The number of nitrogens with zero attached hydrogens (tertiary/aromatic N) is 2. The van der Waals surface area contributed by atoms with Crippen molar-refractivity contribution < 1.29 is 9.59 Å². The van der Waals surface area contributed by atoms with Crippen LogP contribution in [0.3, 0.4) is 0 Å². The maximum atomic E-state index is 16.3. The van der Waals surface area contributed by atoms with Crippen molar-refractivity contribution in [2.75, 3.05) is 0 Å². The molecule has 0 spiro atoms. The van der Waals surface area contributed by atoms with Gasteiger partial charge >= 0.3 is 0 Å². The summed E-state index contributed by atoms with van der Waals surface area (Å²) in [6.07, 6.45) is 24.7. The quantitative estimate of drug-likeness (QED) is 0.0543. The van der Waals surface area contributed by atoms with Crippen molar-refractivity contribution in [3.63, 3.8) is 0 Å². The van der Waals surface area contributed by atoms with Crippen LogP contribution in [0.15, 0.2) is 64.0 Å². The first kappa shape index (κ1) is 54.7. The zero-order valence-electron chi connectivity index (χ0n) is 49.8. The Labute approximate surface area is 473 Å². The molecule has 0 saturated heterocycles. The van der Waals surface area contributed by atoms with Gasteiger partial charge in [0.1, 0.15) is 0 Å². The van der Waals surface area contributed by atoms with Gasteiger partial charge < -0.3 is 30.6 Å². The number of rotatable bonds is 16. The molecule has 0 aromatic carbocycles. The number of nitrogens with one attached hydrogen (secondary N) is 6. The van der Waals surface area contributed by atoms with E-state index < -0.39 is 6.04 Å². The van der Waals surface area contributed by atoms with Crippen LogP contribution in [0.4, 0.5) is 0 Å². The minimum absolute atomic E-state index is 0.0467. The third-order valence-electron chi connectivity index (χ3n) is 18.4. The third kappa shape index (κ3) is 9.28. The second kappa shape index (κ2) is 22.4. The Kier molecular flexibility index (Phi) is 15.3.